The number of nitrogens with two attached hydrogens (primary N) is 1. The molecule has 0 saturated heterocycles. The van der Waals surface area contributed by atoms with Gasteiger partial charge in [-0.3, -0.25) is 4.79 Å². The Balaban J connectivity index is 1.87. The smallest absolute Gasteiger partial charge is 0.258 e. The minimum atomic E-state index is -0.160. The van der Waals surface area contributed by atoms with Crippen LogP contribution in [-0.4, -0.2) is 5.91 Å². The fraction of sp³-hybridized carbons (Fsp3) is 0.421. The fourth-order valence-corrected chi connectivity index (χ4v) is 4.72. The molecule has 1 aliphatic rings. The third kappa shape index (κ3) is 3.31. The minimum absolute atomic E-state index is 0.160. The number of nitrogens with one attached hydrogen (secondary N) is 1. The van der Waals surface area contributed by atoms with Crippen LogP contribution >= 0.6 is 22.9 Å². The van der Waals surface area contributed by atoms with Gasteiger partial charge >= 0.3 is 0 Å². The molecule has 3 rings (SSSR count). The van der Waals surface area contributed by atoms with E-state index in [1.807, 2.05) is 12.1 Å². The van der Waals surface area contributed by atoms with Crippen LogP contribution in [0.1, 0.15) is 48.0 Å². The third-order valence-corrected chi connectivity index (χ3v) is 6.28. The topological polar surface area (TPSA) is 55.1 Å². The summed E-state index contributed by atoms with van der Waals surface area (Å²) in [7, 11) is 0. The Hall–Kier alpha value is -1.52. The molecular weight excluding hydrogens is 340 g/mol. The Kier molecular flexibility index (Phi) is 4.63. The van der Waals surface area contributed by atoms with Gasteiger partial charge in [-0.25, -0.2) is 0 Å². The fourth-order valence-electron chi connectivity index (χ4n) is 3.34. The first-order valence-electron chi connectivity index (χ1n) is 8.23. The van der Waals surface area contributed by atoms with E-state index in [4.69, 9.17) is 17.3 Å². The van der Waals surface area contributed by atoms with Crippen LogP contribution in [-0.2, 0) is 12.8 Å². The first kappa shape index (κ1) is 17.3. The maximum atomic E-state index is 12.8. The number of fused-ring (bicyclic) bond motifs is 1. The lowest BCUT2D eigenvalue weighted by molar-refractivity contribution is 0.102. The number of carbonyl (C=O) groups is 1. The highest BCUT2D eigenvalue weighted by molar-refractivity contribution is 7.16. The second kappa shape index (κ2) is 6.41. The normalized spacial score (nSPS) is 17.4. The van der Waals surface area contributed by atoms with E-state index in [1.165, 1.54) is 4.88 Å². The lowest BCUT2D eigenvalue weighted by Crippen LogP contribution is -2.27. The van der Waals surface area contributed by atoms with Crippen LogP contribution < -0.4 is 11.1 Å². The summed E-state index contributed by atoms with van der Waals surface area (Å²) in [5.41, 5.74) is 8.85. The van der Waals surface area contributed by atoms with Crippen LogP contribution in [0, 0.1) is 11.3 Å². The van der Waals surface area contributed by atoms with Crippen molar-refractivity contribution in [1.82, 2.24) is 0 Å². The van der Waals surface area contributed by atoms with Crippen molar-refractivity contribution < 1.29 is 4.79 Å². The van der Waals surface area contributed by atoms with Gasteiger partial charge in [-0.15, -0.1) is 11.3 Å². The monoisotopic (exact) mass is 362 g/mol. The summed E-state index contributed by atoms with van der Waals surface area (Å²) in [5.74, 6) is 0.467. The summed E-state index contributed by atoms with van der Waals surface area (Å²) < 4.78 is 0. The Morgan fingerprint density at radius 3 is 2.71 bits per heavy atom. The summed E-state index contributed by atoms with van der Waals surface area (Å²) in [4.78, 5) is 14.0. The van der Waals surface area contributed by atoms with E-state index in [1.54, 1.807) is 23.5 Å². The van der Waals surface area contributed by atoms with Crippen molar-refractivity contribution in [2.45, 2.75) is 40.0 Å². The molecule has 2 aromatic rings. The number of nitrogen functional groups attached to an aromatic ring is 1. The molecule has 128 valence electrons. The van der Waals surface area contributed by atoms with E-state index in [0.717, 1.165) is 24.8 Å². The van der Waals surface area contributed by atoms with Crippen LogP contribution in [0.15, 0.2) is 24.3 Å². The van der Waals surface area contributed by atoms with Crippen LogP contribution in [0.5, 0.6) is 0 Å². The summed E-state index contributed by atoms with van der Waals surface area (Å²) in [6.45, 7) is 6.85. The van der Waals surface area contributed by atoms with Crippen molar-refractivity contribution >= 4 is 39.5 Å². The van der Waals surface area contributed by atoms with Gasteiger partial charge in [0.1, 0.15) is 0 Å². The second-order valence-corrected chi connectivity index (χ2v) is 9.03. The van der Waals surface area contributed by atoms with Crippen LogP contribution in [0.25, 0.3) is 0 Å². The highest BCUT2D eigenvalue weighted by Crippen LogP contribution is 2.43. The first-order valence-corrected chi connectivity index (χ1v) is 9.42. The van der Waals surface area contributed by atoms with Crippen molar-refractivity contribution in [3.8, 4) is 0 Å². The summed E-state index contributed by atoms with van der Waals surface area (Å²) in [6.07, 6.45) is 3.02. The van der Waals surface area contributed by atoms with E-state index in [2.05, 4.69) is 26.1 Å². The van der Waals surface area contributed by atoms with Gasteiger partial charge < -0.3 is 11.1 Å². The number of para-hydroxylation sites is 1. The summed E-state index contributed by atoms with van der Waals surface area (Å²) >= 11 is 7.70. The van der Waals surface area contributed by atoms with E-state index in [9.17, 15) is 4.79 Å². The van der Waals surface area contributed by atoms with Crippen molar-refractivity contribution in [1.29, 1.82) is 0 Å². The molecule has 1 heterocycles. The molecule has 1 aromatic carbocycles. The number of thiophene rings is 1. The molecule has 0 fully saturated rings. The largest absolute Gasteiger partial charge is 0.390 e. The molecule has 0 aliphatic heterocycles. The Bertz CT molecular complexity index is 776. The van der Waals surface area contributed by atoms with E-state index < -0.39 is 0 Å². The van der Waals surface area contributed by atoms with Crippen LogP contribution in [0.2, 0.25) is 5.02 Å². The molecule has 1 aliphatic carbocycles. The Labute approximate surface area is 152 Å². The van der Waals surface area contributed by atoms with Crippen LogP contribution in [0.3, 0.4) is 0 Å². The minimum Gasteiger partial charge on any atom is -0.390 e. The number of rotatable bonds is 2. The molecule has 0 bridgehead atoms. The van der Waals surface area contributed by atoms with Gasteiger partial charge in [0, 0.05) is 4.88 Å². The van der Waals surface area contributed by atoms with E-state index >= 15 is 0 Å². The Morgan fingerprint density at radius 2 is 2.04 bits per heavy atom. The summed E-state index contributed by atoms with van der Waals surface area (Å²) in [6, 6.07) is 7.25. The average molecular weight is 363 g/mol. The van der Waals surface area contributed by atoms with Gasteiger partial charge in [0.15, 0.2) is 0 Å². The van der Waals surface area contributed by atoms with E-state index in [0.29, 0.717) is 27.2 Å². The molecule has 24 heavy (non-hydrogen) atoms. The highest BCUT2D eigenvalue weighted by Gasteiger charge is 2.33. The lowest BCUT2D eigenvalue weighted by Gasteiger charge is -2.33. The van der Waals surface area contributed by atoms with Gasteiger partial charge in [0.25, 0.3) is 5.91 Å². The molecule has 1 unspecified atom stereocenters. The molecule has 0 radical (unpaired) electrons. The van der Waals surface area contributed by atoms with Crippen molar-refractivity contribution in [3.63, 3.8) is 0 Å². The number of anilines is 2. The predicted octanol–water partition coefficient (Wildman–Crippen LogP) is 5.39. The quantitative estimate of drug-likeness (QED) is 0.752. The zero-order valence-corrected chi connectivity index (χ0v) is 15.9. The molecule has 5 heteroatoms. The third-order valence-electron chi connectivity index (χ3n) is 4.87. The maximum Gasteiger partial charge on any atom is 0.258 e. The molecule has 1 aromatic heterocycles. The zero-order valence-electron chi connectivity index (χ0n) is 14.3. The zero-order chi connectivity index (χ0) is 17.5. The molecule has 1 amide bonds. The van der Waals surface area contributed by atoms with Crippen molar-refractivity contribution in [2.24, 2.45) is 11.3 Å². The van der Waals surface area contributed by atoms with Crippen LogP contribution in [0.4, 0.5) is 10.7 Å². The van der Waals surface area contributed by atoms with Gasteiger partial charge in [-0.2, -0.15) is 0 Å². The number of benzene rings is 1. The second-order valence-electron chi connectivity index (χ2n) is 7.48. The SMILES string of the molecule is CC(C)(C)C1CCc2c(sc(N)c2C(=O)Nc2ccccc2Cl)C1. The van der Waals surface area contributed by atoms with Gasteiger partial charge in [-0.05, 0) is 48.3 Å². The Morgan fingerprint density at radius 1 is 1.33 bits per heavy atom. The molecule has 3 N–H and O–H groups in total. The molecule has 0 saturated carbocycles. The summed E-state index contributed by atoms with van der Waals surface area (Å²) in [5, 5.41) is 4.04. The number of hydrogen-bond donors (Lipinski definition) is 2. The molecule has 0 spiro atoms. The van der Waals surface area contributed by atoms with Crippen molar-refractivity contribution in [2.75, 3.05) is 11.1 Å². The number of amides is 1. The highest BCUT2D eigenvalue weighted by atomic mass is 35.5. The number of carbonyl (C=O) groups excluding carboxylic acids is 1. The average Bonchev–Trinajstić information content (AvgIpc) is 2.83. The molecule has 3 nitrogen and oxygen atoms in total. The van der Waals surface area contributed by atoms with Gasteiger partial charge in [-0.1, -0.05) is 44.5 Å². The first-order chi connectivity index (χ1) is 11.3. The number of halogens is 1. The van der Waals surface area contributed by atoms with Gasteiger partial charge in [0.05, 0.1) is 21.3 Å². The van der Waals surface area contributed by atoms with Crippen molar-refractivity contribution in [3.05, 3.63) is 45.3 Å². The number of hydrogen-bond acceptors (Lipinski definition) is 3. The standard InChI is InChI=1S/C19H23ClN2OS/c1-19(2,3)11-8-9-12-15(10-11)24-17(21)16(12)18(23)22-14-7-5-4-6-13(14)20/h4-7,11H,8-10,21H2,1-3H3,(H,22,23). The van der Waals surface area contributed by atoms with Gasteiger partial charge in [0.2, 0.25) is 0 Å². The lowest BCUT2D eigenvalue weighted by atomic mass is 9.72. The predicted molar refractivity (Wildman–Crippen MR) is 103 cm³/mol. The molecular formula is C19H23ClN2OS. The maximum absolute atomic E-state index is 12.8. The van der Waals surface area contributed by atoms with E-state index in [-0.39, 0.29) is 11.3 Å². The molecule has 1 atom stereocenters.